The minimum absolute atomic E-state index is 0.0554. The van der Waals surface area contributed by atoms with E-state index in [-0.39, 0.29) is 54.8 Å². The number of ether oxygens (including phenoxy) is 3. The highest BCUT2D eigenvalue weighted by molar-refractivity contribution is 6.08. The van der Waals surface area contributed by atoms with Gasteiger partial charge >= 0.3 is 0 Å². The number of aromatic nitrogens is 7. The zero-order chi connectivity index (χ0) is 45.2. The molecule has 1 aliphatic carbocycles. The van der Waals surface area contributed by atoms with E-state index in [4.69, 9.17) is 19.2 Å². The molecular formula is C45H52F3N11O6. The molecule has 1 aromatic carbocycles. The molecule has 3 aliphatic heterocycles. The van der Waals surface area contributed by atoms with E-state index < -0.39 is 36.2 Å². The number of hydrogen-bond acceptors (Lipinski definition) is 12. The topological polar surface area (TPSA) is 175 Å². The van der Waals surface area contributed by atoms with Crippen molar-refractivity contribution in [3.8, 4) is 11.8 Å². The molecule has 3 saturated heterocycles. The SMILES string of the molecule is COC[C@H]1CN(c2ccn3ncc(C(=O)Nc4cn(C5CCC(CN6CC[C@@H](OCC#Cc7cccc8c([C@H]9CCC(=O)NC9=O)nn(C)c78)[C@@H](F)C6)CC5)nc4C(F)F)c3n2)CCO1. The molecule has 1 saturated carbocycles. The van der Waals surface area contributed by atoms with Crippen molar-refractivity contribution in [3.05, 3.63) is 65.4 Å². The zero-order valence-corrected chi connectivity index (χ0v) is 36.3. The maximum absolute atomic E-state index is 15.5. The Balaban J connectivity index is 0.755. The maximum Gasteiger partial charge on any atom is 0.284 e. The van der Waals surface area contributed by atoms with Crippen molar-refractivity contribution >= 4 is 45.8 Å². The molecule has 0 radical (unpaired) electrons. The second-order valence-corrected chi connectivity index (χ2v) is 17.3. The number of piperidine rings is 2. The number of hydrogen-bond donors (Lipinski definition) is 2. The van der Waals surface area contributed by atoms with Crippen LogP contribution in [0.4, 0.5) is 24.7 Å². The van der Waals surface area contributed by atoms with Crippen LogP contribution in [0.3, 0.4) is 0 Å². The number of aryl methyl sites for hydroxylation is 1. The summed E-state index contributed by atoms with van der Waals surface area (Å²) in [6.45, 7) is 3.82. The van der Waals surface area contributed by atoms with Gasteiger partial charge in [-0.2, -0.15) is 15.3 Å². The number of para-hydroxylation sites is 1. The average Bonchev–Trinajstić information content (AvgIpc) is 4.02. The summed E-state index contributed by atoms with van der Waals surface area (Å²) in [5.41, 5.74) is 1.97. The quantitative estimate of drug-likeness (QED) is 0.132. The molecule has 5 aromatic rings. The molecule has 4 aromatic heterocycles. The molecule has 3 amide bonds. The lowest BCUT2D eigenvalue weighted by molar-refractivity contribution is -0.134. The van der Waals surface area contributed by atoms with E-state index in [0.29, 0.717) is 87.2 Å². The molecule has 65 heavy (non-hydrogen) atoms. The van der Waals surface area contributed by atoms with Gasteiger partial charge in [0.15, 0.2) is 11.3 Å². The van der Waals surface area contributed by atoms with Gasteiger partial charge in [0.2, 0.25) is 11.8 Å². The van der Waals surface area contributed by atoms with Gasteiger partial charge in [-0.1, -0.05) is 24.0 Å². The predicted octanol–water partition coefficient (Wildman–Crippen LogP) is 4.59. The maximum atomic E-state index is 15.5. The van der Waals surface area contributed by atoms with Crippen molar-refractivity contribution in [2.75, 3.05) is 69.9 Å². The molecule has 7 heterocycles. The van der Waals surface area contributed by atoms with Gasteiger partial charge in [0.1, 0.15) is 24.2 Å². The van der Waals surface area contributed by atoms with E-state index >= 15 is 4.39 Å². The highest BCUT2D eigenvalue weighted by Crippen LogP contribution is 2.36. The Morgan fingerprint density at radius 3 is 2.71 bits per heavy atom. The molecule has 17 nitrogen and oxygen atoms in total. The van der Waals surface area contributed by atoms with E-state index in [1.807, 2.05) is 23.1 Å². The number of likely N-dealkylation sites (tertiary alicyclic amines) is 1. The van der Waals surface area contributed by atoms with Crippen molar-refractivity contribution in [1.29, 1.82) is 0 Å². The van der Waals surface area contributed by atoms with Crippen LogP contribution >= 0.6 is 0 Å². The summed E-state index contributed by atoms with van der Waals surface area (Å²) in [4.78, 5) is 46.7. The Morgan fingerprint density at radius 1 is 1.08 bits per heavy atom. The number of halogens is 3. The smallest absolute Gasteiger partial charge is 0.284 e. The molecule has 2 N–H and O–H groups in total. The van der Waals surface area contributed by atoms with E-state index in [1.54, 1.807) is 35.8 Å². The van der Waals surface area contributed by atoms with Gasteiger partial charge in [-0.15, -0.1) is 0 Å². The Morgan fingerprint density at radius 2 is 1.92 bits per heavy atom. The number of imide groups is 1. The number of rotatable bonds is 12. The van der Waals surface area contributed by atoms with Gasteiger partial charge in [-0.3, -0.25) is 34.0 Å². The molecular weight excluding hydrogens is 848 g/mol. The van der Waals surface area contributed by atoms with Gasteiger partial charge in [-0.25, -0.2) is 22.7 Å². The predicted molar refractivity (Wildman–Crippen MR) is 231 cm³/mol. The highest BCUT2D eigenvalue weighted by atomic mass is 19.3. The molecule has 20 heteroatoms. The van der Waals surface area contributed by atoms with Crippen molar-refractivity contribution in [3.63, 3.8) is 0 Å². The lowest BCUT2D eigenvalue weighted by Crippen LogP contribution is -2.47. The Labute approximate surface area is 372 Å². The van der Waals surface area contributed by atoms with Crippen molar-refractivity contribution in [2.45, 2.75) is 81.7 Å². The number of anilines is 2. The number of methoxy groups -OCH3 is 1. The molecule has 4 fully saturated rings. The normalized spacial score (nSPS) is 24.4. The summed E-state index contributed by atoms with van der Waals surface area (Å²) in [5.74, 6) is 5.36. The molecule has 344 valence electrons. The van der Waals surface area contributed by atoms with Crippen LogP contribution in [0.5, 0.6) is 0 Å². The monoisotopic (exact) mass is 899 g/mol. The van der Waals surface area contributed by atoms with Gasteiger partial charge in [0.05, 0.1) is 66.0 Å². The third-order valence-corrected chi connectivity index (χ3v) is 13.0. The lowest BCUT2D eigenvalue weighted by Gasteiger charge is -2.38. The fraction of sp³-hybridized carbons (Fsp3) is 0.533. The second-order valence-electron chi connectivity index (χ2n) is 17.3. The third-order valence-electron chi connectivity index (χ3n) is 13.0. The summed E-state index contributed by atoms with van der Waals surface area (Å²) >= 11 is 0. The van der Waals surface area contributed by atoms with Crippen LogP contribution in [-0.2, 0) is 30.8 Å². The van der Waals surface area contributed by atoms with Crippen LogP contribution < -0.4 is 15.5 Å². The van der Waals surface area contributed by atoms with E-state index in [0.717, 1.165) is 30.3 Å². The molecule has 0 spiro atoms. The average molecular weight is 900 g/mol. The Bertz CT molecular complexity index is 2610. The summed E-state index contributed by atoms with van der Waals surface area (Å²) in [6.07, 6.45) is 4.01. The third kappa shape index (κ3) is 9.60. The number of nitrogens with one attached hydrogen (secondary N) is 2. The van der Waals surface area contributed by atoms with Crippen molar-refractivity contribution < 1.29 is 41.8 Å². The van der Waals surface area contributed by atoms with Crippen LogP contribution in [0.2, 0.25) is 0 Å². The first kappa shape index (κ1) is 44.3. The Hall–Kier alpha value is -5.88. The molecule has 9 rings (SSSR count). The van der Waals surface area contributed by atoms with E-state index in [2.05, 4.69) is 42.7 Å². The Kier molecular flexibility index (Phi) is 13.2. The van der Waals surface area contributed by atoms with Crippen molar-refractivity contribution in [1.82, 2.24) is 44.4 Å². The van der Waals surface area contributed by atoms with Gasteiger partial charge in [0, 0.05) is 71.1 Å². The lowest BCUT2D eigenvalue weighted by atomic mass is 9.85. The zero-order valence-electron chi connectivity index (χ0n) is 36.3. The molecule has 4 aliphatic rings. The van der Waals surface area contributed by atoms with Gasteiger partial charge in [-0.05, 0) is 56.6 Å². The van der Waals surface area contributed by atoms with Crippen LogP contribution in [0.25, 0.3) is 16.6 Å². The first-order chi connectivity index (χ1) is 31.5. The first-order valence-electron chi connectivity index (χ1n) is 22.2. The van der Waals surface area contributed by atoms with Crippen LogP contribution in [0.1, 0.15) is 90.6 Å². The number of carbonyl (C=O) groups excluding carboxylic acids is 3. The van der Waals surface area contributed by atoms with Gasteiger partial charge in [0.25, 0.3) is 12.3 Å². The number of benzene rings is 1. The molecule has 0 bridgehead atoms. The minimum Gasteiger partial charge on any atom is -0.382 e. The van der Waals surface area contributed by atoms with Crippen LogP contribution in [0, 0.1) is 17.8 Å². The standard InChI is InChI=1S/C45H52F3N11O6/c1-55-41-28(5-3-7-31(41)39(53-55)32-12-13-38(60)52-44(32)61)6-4-19-65-36-14-16-56(24-34(36)46)22-27-8-10-29(11-9-27)59-25-35(40(54-59)42(47)48)50-45(62)33-21-49-58-17-15-37(51-43(33)58)57-18-20-64-30(23-57)26-63-2/h3,5,7,15,17,21,25,27,29-30,32,34,36,42H,8-14,16,18-20,22-24,26H2,1-2H3,(H,50,62)(H,52,60,61)/t27?,29?,30-,32-,34+,36-/m1/s1. The van der Waals surface area contributed by atoms with E-state index in [1.165, 1.54) is 16.9 Å². The number of fused-ring (bicyclic) bond motifs is 2. The first-order valence-corrected chi connectivity index (χ1v) is 22.2. The van der Waals surface area contributed by atoms with Crippen LogP contribution in [-0.4, -0.2) is 135 Å². The van der Waals surface area contributed by atoms with Crippen molar-refractivity contribution in [2.24, 2.45) is 13.0 Å². The fourth-order valence-electron chi connectivity index (χ4n) is 9.66. The molecule has 4 atom stereocenters. The molecule has 0 unspecified atom stereocenters. The summed E-state index contributed by atoms with van der Waals surface area (Å²) in [6, 6.07) is 7.29. The summed E-state index contributed by atoms with van der Waals surface area (Å²) in [7, 11) is 3.41. The minimum atomic E-state index is -2.91. The second kappa shape index (κ2) is 19.3. The van der Waals surface area contributed by atoms with Gasteiger partial charge < -0.3 is 24.4 Å². The van der Waals surface area contributed by atoms with Crippen LogP contribution in [0.15, 0.2) is 42.9 Å². The number of morpholine rings is 1. The van der Waals surface area contributed by atoms with E-state index in [9.17, 15) is 23.2 Å². The number of amides is 3. The number of alkyl halides is 3. The fourth-order valence-corrected chi connectivity index (χ4v) is 9.66. The number of nitrogens with zero attached hydrogens (tertiary/aromatic N) is 9. The summed E-state index contributed by atoms with van der Waals surface area (Å²) < 4.78 is 65.8. The summed E-state index contributed by atoms with van der Waals surface area (Å²) in [5, 5.41) is 19.0. The largest absolute Gasteiger partial charge is 0.382 e. The highest BCUT2D eigenvalue weighted by Gasteiger charge is 2.34. The number of carbonyl (C=O) groups is 3.